The van der Waals surface area contributed by atoms with E-state index in [1.807, 2.05) is 24.3 Å². The summed E-state index contributed by atoms with van der Waals surface area (Å²) in [4.78, 5) is 8.96. The zero-order valence-corrected chi connectivity index (χ0v) is 8.66. The molecule has 4 nitrogen and oxygen atoms in total. The molecule has 2 N–H and O–H groups in total. The van der Waals surface area contributed by atoms with Gasteiger partial charge in [0.25, 0.3) is 0 Å². The fourth-order valence-corrected chi connectivity index (χ4v) is 2.31. The molecule has 76 valence electrons. The van der Waals surface area contributed by atoms with Crippen LogP contribution < -0.4 is 4.72 Å². The minimum Gasteiger partial charge on any atom is -0.377 e. The second-order valence-electron chi connectivity index (χ2n) is 3.40. The third kappa shape index (κ3) is 1.58. The molecule has 1 aliphatic heterocycles. The molecule has 1 unspecified atom stereocenters. The van der Waals surface area contributed by atoms with Crippen LogP contribution in [0.5, 0.6) is 0 Å². The number of hydrogen-bond acceptors (Lipinski definition) is 5. The van der Waals surface area contributed by atoms with Gasteiger partial charge in [-0.15, -0.1) is 0 Å². The number of para-hydroxylation sites is 2. The monoisotopic (exact) mass is 219 g/mol. The number of aliphatic hydroxyl groups excluding tert-OH is 1. The third-order valence-corrected chi connectivity index (χ3v) is 3.19. The molecule has 3 rings (SSSR count). The van der Waals surface area contributed by atoms with Gasteiger partial charge in [-0.05, 0) is 24.1 Å². The molecule has 0 bridgehead atoms. The molecular weight excluding hydrogens is 210 g/mol. The van der Waals surface area contributed by atoms with Gasteiger partial charge in [0.1, 0.15) is 11.3 Å². The van der Waals surface area contributed by atoms with Crippen LogP contribution in [0.4, 0.5) is 0 Å². The lowest BCUT2D eigenvalue weighted by Crippen LogP contribution is -2.30. The molecule has 0 saturated heterocycles. The summed E-state index contributed by atoms with van der Waals surface area (Å²) < 4.78 is 2.87. The first kappa shape index (κ1) is 9.08. The highest BCUT2D eigenvalue weighted by molar-refractivity contribution is 7.97. The Kier molecular flexibility index (Phi) is 2.09. The number of aromatic nitrogens is 2. The zero-order valence-electron chi connectivity index (χ0n) is 7.84. The van der Waals surface area contributed by atoms with Crippen LogP contribution >= 0.6 is 11.9 Å². The van der Waals surface area contributed by atoms with Gasteiger partial charge < -0.3 is 5.11 Å². The van der Waals surface area contributed by atoms with Crippen molar-refractivity contribution in [2.24, 2.45) is 0 Å². The first-order valence-electron chi connectivity index (χ1n) is 4.69. The zero-order chi connectivity index (χ0) is 10.3. The van der Waals surface area contributed by atoms with E-state index in [0.717, 1.165) is 21.8 Å². The van der Waals surface area contributed by atoms with Crippen molar-refractivity contribution in [2.75, 3.05) is 0 Å². The van der Waals surface area contributed by atoms with Gasteiger partial charge in [0, 0.05) is 6.42 Å². The van der Waals surface area contributed by atoms with Crippen LogP contribution in [0, 0.1) is 0 Å². The van der Waals surface area contributed by atoms with Crippen LogP contribution in [0.15, 0.2) is 29.3 Å². The average molecular weight is 219 g/mol. The molecule has 0 fully saturated rings. The van der Waals surface area contributed by atoms with Crippen LogP contribution in [-0.2, 0) is 6.42 Å². The van der Waals surface area contributed by atoms with Gasteiger partial charge in [-0.25, -0.2) is 14.7 Å². The van der Waals surface area contributed by atoms with Crippen LogP contribution in [0.3, 0.4) is 0 Å². The van der Waals surface area contributed by atoms with E-state index < -0.39 is 6.23 Å². The van der Waals surface area contributed by atoms with Crippen LogP contribution in [0.1, 0.15) is 5.69 Å². The number of fused-ring (bicyclic) bond motifs is 2. The molecule has 15 heavy (non-hydrogen) atoms. The molecule has 0 saturated carbocycles. The standard InChI is InChI=1S/C10H9N3OS/c14-9-5-8-10(15-13-9)12-7-4-2-1-3-6(7)11-8/h1-4,9,13-14H,5H2. The maximum absolute atomic E-state index is 9.43. The number of benzene rings is 1. The van der Waals surface area contributed by atoms with Crippen molar-refractivity contribution in [2.45, 2.75) is 17.7 Å². The molecule has 2 aromatic rings. The molecule has 0 radical (unpaired) electrons. The highest BCUT2D eigenvalue weighted by Gasteiger charge is 2.19. The Hall–Kier alpha value is -1.17. The number of nitrogens with one attached hydrogen (secondary N) is 1. The van der Waals surface area contributed by atoms with Gasteiger partial charge in [0.2, 0.25) is 0 Å². The molecule has 0 aliphatic carbocycles. The largest absolute Gasteiger partial charge is 0.377 e. The van der Waals surface area contributed by atoms with Gasteiger partial charge in [0.15, 0.2) is 0 Å². The minimum absolute atomic E-state index is 0.514. The van der Waals surface area contributed by atoms with E-state index in [1.165, 1.54) is 11.9 Å². The molecule has 1 aromatic heterocycles. The van der Waals surface area contributed by atoms with Crippen LogP contribution in [-0.4, -0.2) is 21.3 Å². The molecule has 5 heteroatoms. The topological polar surface area (TPSA) is 58.0 Å². The summed E-state index contributed by atoms with van der Waals surface area (Å²) in [5, 5.41) is 10.3. The quantitative estimate of drug-likeness (QED) is 0.650. The molecule has 1 aliphatic rings. The van der Waals surface area contributed by atoms with E-state index in [1.54, 1.807) is 0 Å². The van der Waals surface area contributed by atoms with Gasteiger partial charge in [0.05, 0.1) is 16.7 Å². The van der Waals surface area contributed by atoms with Crippen molar-refractivity contribution in [1.82, 2.24) is 14.7 Å². The number of nitrogens with zero attached hydrogens (tertiary/aromatic N) is 2. The summed E-state index contributed by atoms with van der Waals surface area (Å²) in [6, 6.07) is 7.75. The SMILES string of the molecule is OC1Cc2nc3ccccc3nc2SN1. The highest BCUT2D eigenvalue weighted by atomic mass is 32.2. The summed E-state index contributed by atoms with van der Waals surface area (Å²) in [6.45, 7) is 0. The summed E-state index contributed by atoms with van der Waals surface area (Å²) in [6.07, 6.45) is -0.0156. The van der Waals surface area contributed by atoms with Crippen molar-refractivity contribution < 1.29 is 5.11 Å². The summed E-state index contributed by atoms with van der Waals surface area (Å²) in [5.41, 5.74) is 2.64. The smallest absolute Gasteiger partial charge is 0.133 e. The van der Waals surface area contributed by atoms with Gasteiger partial charge in [-0.1, -0.05) is 12.1 Å². The summed E-state index contributed by atoms with van der Waals surface area (Å²) in [7, 11) is 0. The minimum atomic E-state index is -0.530. The first-order chi connectivity index (χ1) is 7.33. The third-order valence-electron chi connectivity index (χ3n) is 2.28. The Bertz CT molecular complexity index is 517. The first-order valence-corrected chi connectivity index (χ1v) is 5.51. The summed E-state index contributed by atoms with van der Waals surface area (Å²) in [5.74, 6) is 0. The second kappa shape index (κ2) is 3.44. The lowest BCUT2D eigenvalue weighted by Gasteiger charge is -2.19. The normalized spacial score (nSPS) is 20.2. The van der Waals surface area contributed by atoms with E-state index in [4.69, 9.17) is 0 Å². The number of rotatable bonds is 0. The van der Waals surface area contributed by atoms with E-state index in [2.05, 4.69) is 14.7 Å². The molecule has 1 aromatic carbocycles. The van der Waals surface area contributed by atoms with Crippen LogP contribution in [0.25, 0.3) is 11.0 Å². The van der Waals surface area contributed by atoms with Crippen LogP contribution in [0.2, 0.25) is 0 Å². The summed E-state index contributed by atoms with van der Waals surface area (Å²) >= 11 is 1.34. The molecule has 1 atom stereocenters. The Morgan fingerprint density at radius 1 is 1.27 bits per heavy atom. The van der Waals surface area contributed by atoms with E-state index in [9.17, 15) is 5.11 Å². The number of hydrogen-bond donors (Lipinski definition) is 2. The Labute approximate surface area is 90.9 Å². The maximum atomic E-state index is 9.43. The fourth-order valence-electron chi connectivity index (χ4n) is 1.58. The molecule has 0 amide bonds. The van der Waals surface area contributed by atoms with E-state index in [-0.39, 0.29) is 0 Å². The van der Waals surface area contributed by atoms with E-state index >= 15 is 0 Å². The van der Waals surface area contributed by atoms with Crippen molar-refractivity contribution in [1.29, 1.82) is 0 Å². The lowest BCUT2D eigenvalue weighted by molar-refractivity contribution is 0.162. The van der Waals surface area contributed by atoms with Gasteiger partial charge in [-0.3, -0.25) is 0 Å². The van der Waals surface area contributed by atoms with Gasteiger partial charge >= 0.3 is 0 Å². The van der Waals surface area contributed by atoms with Crippen molar-refractivity contribution >= 4 is 23.0 Å². The van der Waals surface area contributed by atoms with Crippen molar-refractivity contribution in [3.05, 3.63) is 30.0 Å². The van der Waals surface area contributed by atoms with E-state index in [0.29, 0.717) is 6.42 Å². The van der Waals surface area contributed by atoms with Gasteiger partial charge in [-0.2, -0.15) is 0 Å². The Morgan fingerprint density at radius 2 is 2.00 bits per heavy atom. The molecule has 0 spiro atoms. The molecule has 2 heterocycles. The molecular formula is C10H9N3OS. The predicted molar refractivity (Wildman–Crippen MR) is 58.2 cm³/mol. The fraction of sp³-hybridized carbons (Fsp3) is 0.200. The Morgan fingerprint density at radius 3 is 2.80 bits per heavy atom. The average Bonchev–Trinajstić information content (AvgIpc) is 2.26. The number of aliphatic hydroxyl groups is 1. The van der Waals surface area contributed by atoms with Crippen molar-refractivity contribution in [3.8, 4) is 0 Å². The Balaban J connectivity index is 2.20. The second-order valence-corrected chi connectivity index (χ2v) is 4.23. The van der Waals surface area contributed by atoms with Crippen molar-refractivity contribution in [3.63, 3.8) is 0 Å². The predicted octanol–water partition coefficient (Wildman–Crippen LogP) is 1.10. The highest BCUT2D eigenvalue weighted by Crippen LogP contribution is 2.25. The maximum Gasteiger partial charge on any atom is 0.133 e. The lowest BCUT2D eigenvalue weighted by atomic mass is 10.2.